The normalized spacial score (nSPS) is 33.2. The summed E-state index contributed by atoms with van der Waals surface area (Å²) in [5, 5.41) is 11.8. The molecule has 3 fully saturated rings. The third-order valence-corrected chi connectivity index (χ3v) is 5.83. The van der Waals surface area contributed by atoms with Crippen molar-refractivity contribution in [2.45, 2.75) is 37.6 Å². The maximum Gasteiger partial charge on any atom is 0.268 e. The van der Waals surface area contributed by atoms with Gasteiger partial charge < -0.3 is 5.32 Å². The van der Waals surface area contributed by atoms with Crippen molar-refractivity contribution in [2.75, 3.05) is 0 Å². The number of hydrogen-bond acceptors (Lipinski definition) is 4. The van der Waals surface area contributed by atoms with E-state index in [-0.39, 0.29) is 17.4 Å². The number of nitrogens with one attached hydrogen (secondary N) is 1. The SMILES string of the molecule is O=C(NC1(c2ccncc2)CCC1)C1=NN=C2C1CC1CC21. The van der Waals surface area contributed by atoms with E-state index in [2.05, 4.69) is 20.5 Å². The summed E-state index contributed by atoms with van der Waals surface area (Å²) in [6.45, 7) is 0. The summed E-state index contributed by atoms with van der Waals surface area (Å²) in [6, 6.07) is 4.01. The van der Waals surface area contributed by atoms with E-state index in [1.54, 1.807) is 12.4 Å². The van der Waals surface area contributed by atoms with Crippen molar-refractivity contribution in [3.05, 3.63) is 30.1 Å². The predicted molar refractivity (Wildman–Crippen MR) is 82.5 cm³/mol. The Labute approximate surface area is 128 Å². The quantitative estimate of drug-likeness (QED) is 0.927. The van der Waals surface area contributed by atoms with Crippen LogP contribution in [0.15, 0.2) is 34.7 Å². The Morgan fingerprint density at radius 1 is 1.18 bits per heavy atom. The summed E-state index contributed by atoms with van der Waals surface area (Å²) in [5.74, 6) is 1.55. The summed E-state index contributed by atoms with van der Waals surface area (Å²) >= 11 is 0. The first kappa shape index (κ1) is 12.5. The number of fused-ring (bicyclic) bond motifs is 3. The molecule has 1 N–H and O–H groups in total. The topological polar surface area (TPSA) is 66.7 Å². The van der Waals surface area contributed by atoms with E-state index >= 15 is 0 Å². The van der Waals surface area contributed by atoms with Gasteiger partial charge in [-0.05, 0) is 55.7 Å². The van der Waals surface area contributed by atoms with E-state index in [0.29, 0.717) is 11.6 Å². The average Bonchev–Trinajstić information content (AvgIpc) is 2.99. The molecule has 3 aliphatic carbocycles. The van der Waals surface area contributed by atoms with Crippen molar-refractivity contribution in [1.29, 1.82) is 0 Å². The molecular formula is C17H18N4O. The monoisotopic (exact) mass is 294 g/mol. The number of carbonyl (C=O) groups excluding carboxylic acids is 1. The Balaban J connectivity index is 1.37. The van der Waals surface area contributed by atoms with E-state index in [1.165, 1.54) is 12.1 Å². The molecule has 1 aliphatic heterocycles. The van der Waals surface area contributed by atoms with Gasteiger partial charge >= 0.3 is 0 Å². The molecule has 0 bridgehead atoms. The smallest absolute Gasteiger partial charge is 0.268 e. The molecule has 22 heavy (non-hydrogen) atoms. The standard InChI is InChI=1S/C17H18N4O/c22-16(15-13-9-10-8-12(10)14(13)20-21-15)19-17(4-1-5-17)11-2-6-18-7-3-11/h2-3,6-7,10,12-13H,1,4-5,8-9H2,(H,19,22). The molecule has 0 saturated heterocycles. The minimum Gasteiger partial charge on any atom is -0.341 e. The van der Waals surface area contributed by atoms with E-state index in [4.69, 9.17) is 0 Å². The van der Waals surface area contributed by atoms with Gasteiger partial charge in [0, 0.05) is 24.2 Å². The number of pyridine rings is 1. The van der Waals surface area contributed by atoms with Crippen LogP contribution in [0.1, 0.15) is 37.7 Å². The molecule has 4 aliphatic rings. The Morgan fingerprint density at radius 2 is 2.00 bits per heavy atom. The lowest BCUT2D eigenvalue weighted by atomic mass is 9.72. The zero-order chi connectivity index (χ0) is 14.7. The highest BCUT2D eigenvalue weighted by molar-refractivity contribution is 6.45. The highest BCUT2D eigenvalue weighted by Gasteiger charge is 2.55. The number of rotatable bonds is 3. The predicted octanol–water partition coefficient (Wildman–Crippen LogP) is 2.04. The summed E-state index contributed by atoms with van der Waals surface area (Å²) in [4.78, 5) is 16.8. The van der Waals surface area contributed by atoms with Crippen LogP contribution >= 0.6 is 0 Å². The third kappa shape index (κ3) is 1.65. The first-order chi connectivity index (χ1) is 10.8. The molecule has 5 nitrogen and oxygen atoms in total. The van der Waals surface area contributed by atoms with Gasteiger partial charge in [0.25, 0.3) is 5.91 Å². The molecule has 0 aromatic carbocycles. The molecule has 3 unspecified atom stereocenters. The fraction of sp³-hybridized carbons (Fsp3) is 0.529. The number of nitrogens with zero attached hydrogens (tertiary/aromatic N) is 3. The van der Waals surface area contributed by atoms with Crippen LogP contribution in [0.4, 0.5) is 0 Å². The van der Waals surface area contributed by atoms with Crippen LogP contribution in [0.3, 0.4) is 0 Å². The molecule has 112 valence electrons. The molecule has 1 aromatic heterocycles. The van der Waals surface area contributed by atoms with Gasteiger partial charge in [0.05, 0.1) is 11.3 Å². The third-order valence-electron chi connectivity index (χ3n) is 5.83. The van der Waals surface area contributed by atoms with Gasteiger partial charge in [-0.25, -0.2) is 0 Å². The van der Waals surface area contributed by atoms with Crippen LogP contribution < -0.4 is 5.32 Å². The van der Waals surface area contributed by atoms with E-state index in [9.17, 15) is 4.79 Å². The largest absolute Gasteiger partial charge is 0.341 e. The zero-order valence-corrected chi connectivity index (χ0v) is 12.3. The van der Waals surface area contributed by atoms with Crippen molar-refractivity contribution < 1.29 is 4.79 Å². The van der Waals surface area contributed by atoms with Crippen LogP contribution in [0.5, 0.6) is 0 Å². The van der Waals surface area contributed by atoms with Crippen molar-refractivity contribution in [2.24, 2.45) is 28.0 Å². The van der Waals surface area contributed by atoms with Gasteiger partial charge in [-0.1, -0.05) is 0 Å². The zero-order valence-electron chi connectivity index (χ0n) is 12.3. The molecule has 1 amide bonds. The van der Waals surface area contributed by atoms with Crippen molar-refractivity contribution in [3.63, 3.8) is 0 Å². The Morgan fingerprint density at radius 3 is 2.73 bits per heavy atom. The molecule has 1 aromatic rings. The second-order valence-corrected chi connectivity index (χ2v) is 7.03. The highest BCUT2D eigenvalue weighted by Crippen LogP contribution is 2.54. The Bertz CT molecular complexity index is 705. The van der Waals surface area contributed by atoms with Crippen LogP contribution in [0, 0.1) is 17.8 Å². The summed E-state index contributed by atoms with van der Waals surface area (Å²) < 4.78 is 0. The van der Waals surface area contributed by atoms with Crippen molar-refractivity contribution >= 4 is 17.3 Å². The van der Waals surface area contributed by atoms with Crippen LogP contribution in [-0.4, -0.2) is 22.3 Å². The van der Waals surface area contributed by atoms with Crippen LogP contribution in [0.2, 0.25) is 0 Å². The van der Waals surface area contributed by atoms with Crippen LogP contribution in [-0.2, 0) is 10.3 Å². The average molecular weight is 294 g/mol. The molecule has 0 radical (unpaired) electrons. The number of amides is 1. The molecule has 5 heteroatoms. The Hall–Kier alpha value is -2.04. The van der Waals surface area contributed by atoms with E-state index in [1.807, 2.05) is 12.1 Å². The summed E-state index contributed by atoms with van der Waals surface area (Å²) in [6.07, 6.45) is 9.02. The van der Waals surface area contributed by atoms with Gasteiger partial charge in [-0.3, -0.25) is 9.78 Å². The van der Waals surface area contributed by atoms with Gasteiger partial charge in [-0.2, -0.15) is 5.10 Å². The van der Waals surface area contributed by atoms with Gasteiger partial charge in [0.1, 0.15) is 5.71 Å². The second-order valence-electron chi connectivity index (χ2n) is 7.03. The summed E-state index contributed by atoms with van der Waals surface area (Å²) in [7, 11) is 0. The minimum atomic E-state index is -0.229. The maximum atomic E-state index is 12.8. The fourth-order valence-corrected chi connectivity index (χ4v) is 4.30. The lowest BCUT2D eigenvalue weighted by Gasteiger charge is -2.43. The Kier molecular flexibility index (Phi) is 2.41. The van der Waals surface area contributed by atoms with E-state index in [0.717, 1.165) is 37.2 Å². The number of carbonyl (C=O) groups is 1. The first-order valence-corrected chi connectivity index (χ1v) is 8.15. The van der Waals surface area contributed by atoms with Crippen molar-refractivity contribution in [3.8, 4) is 0 Å². The van der Waals surface area contributed by atoms with Gasteiger partial charge in [0.2, 0.25) is 0 Å². The second kappa shape index (κ2) is 4.24. The first-order valence-electron chi connectivity index (χ1n) is 8.15. The molecule has 5 rings (SSSR count). The van der Waals surface area contributed by atoms with E-state index < -0.39 is 0 Å². The number of aromatic nitrogens is 1. The maximum absolute atomic E-state index is 12.8. The van der Waals surface area contributed by atoms with Crippen molar-refractivity contribution in [1.82, 2.24) is 10.3 Å². The molecule has 3 atom stereocenters. The van der Waals surface area contributed by atoms with Crippen LogP contribution in [0.25, 0.3) is 0 Å². The molecule has 3 saturated carbocycles. The van der Waals surface area contributed by atoms with Gasteiger partial charge in [-0.15, -0.1) is 5.10 Å². The summed E-state index contributed by atoms with van der Waals surface area (Å²) in [5.41, 5.74) is 2.73. The molecule has 0 spiro atoms. The molecule has 2 heterocycles. The molecular weight excluding hydrogens is 276 g/mol. The lowest BCUT2D eigenvalue weighted by Crippen LogP contribution is -2.53. The minimum absolute atomic E-state index is 0.0263. The fourth-order valence-electron chi connectivity index (χ4n) is 4.30. The lowest BCUT2D eigenvalue weighted by molar-refractivity contribution is -0.118. The highest BCUT2D eigenvalue weighted by atomic mass is 16.2. The van der Waals surface area contributed by atoms with Gasteiger partial charge in [0.15, 0.2) is 0 Å². The number of hydrogen-bond donors (Lipinski definition) is 1.